The average Bonchev–Trinajstić information content (AvgIpc) is 3.62. The largest absolute Gasteiger partial charge is 0.480 e. The number of carboxylic acids is 1. The van der Waals surface area contributed by atoms with E-state index in [1.807, 2.05) is 105 Å². The van der Waals surface area contributed by atoms with Crippen LogP contribution in [-0.2, 0) is 39.3 Å². The maximum atomic E-state index is 14.6. The molecule has 2 heterocycles. The molecule has 1 aliphatic rings. The summed E-state index contributed by atoms with van der Waals surface area (Å²) in [5.41, 5.74) is 4.10. The molecule has 9 nitrogen and oxygen atoms in total. The van der Waals surface area contributed by atoms with Gasteiger partial charge >= 0.3 is 12.1 Å². The molecule has 0 bridgehead atoms. The maximum absolute atomic E-state index is 14.6. The van der Waals surface area contributed by atoms with E-state index in [9.17, 15) is 19.5 Å². The van der Waals surface area contributed by atoms with Gasteiger partial charge in [0.2, 0.25) is 5.91 Å². The molecule has 9 heteroatoms. The molecule has 6 rings (SSSR count). The molecule has 0 unspecified atom stereocenters. The lowest BCUT2D eigenvalue weighted by molar-refractivity contribution is -0.154. The van der Waals surface area contributed by atoms with Gasteiger partial charge in [0.25, 0.3) is 0 Å². The van der Waals surface area contributed by atoms with E-state index in [4.69, 9.17) is 9.72 Å². The zero-order chi connectivity index (χ0) is 37.8. The smallest absolute Gasteiger partial charge is 0.410 e. The number of carbonyl (C=O) groups excluding carboxylic acids is 2. The quantitative estimate of drug-likeness (QED) is 0.142. The van der Waals surface area contributed by atoms with Crippen LogP contribution >= 0.6 is 0 Å². The number of hydrogen-bond donors (Lipinski definition) is 1. The molecule has 4 aromatic carbocycles. The van der Waals surface area contributed by atoms with Gasteiger partial charge in [0.1, 0.15) is 23.2 Å². The van der Waals surface area contributed by atoms with Crippen molar-refractivity contribution in [3.05, 3.63) is 161 Å². The summed E-state index contributed by atoms with van der Waals surface area (Å²) in [5.74, 6) is -1.85. The van der Waals surface area contributed by atoms with Crippen LogP contribution in [0.1, 0.15) is 68.1 Å². The van der Waals surface area contributed by atoms with Gasteiger partial charge in [-0.1, -0.05) is 129 Å². The van der Waals surface area contributed by atoms with E-state index in [-0.39, 0.29) is 25.4 Å². The van der Waals surface area contributed by atoms with Crippen molar-refractivity contribution >= 4 is 18.0 Å². The Kier molecular flexibility index (Phi) is 10.8. The van der Waals surface area contributed by atoms with E-state index in [0.29, 0.717) is 6.42 Å². The topological polar surface area (TPSA) is 105 Å². The van der Waals surface area contributed by atoms with Crippen molar-refractivity contribution in [3.8, 4) is 0 Å². The number of benzene rings is 4. The normalized spacial score (nSPS) is 15.1. The van der Waals surface area contributed by atoms with Gasteiger partial charge in [0.15, 0.2) is 0 Å². The Morgan fingerprint density at radius 1 is 0.811 bits per heavy atom. The molecule has 1 N–H and O–H groups in total. The molecule has 0 saturated heterocycles. The van der Waals surface area contributed by atoms with Gasteiger partial charge in [-0.3, -0.25) is 9.69 Å². The Balaban J connectivity index is 1.37. The van der Waals surface area contributed by atoms with Crippen molar-refractivity contribution in [2.75, 3.05) is 6.54 Å². The van der Waals surface area contributed by atoms with Crippen molar-refractivity contribution in [1.29, 1.82) is 0 Å². The van der Waals surface area contributed by atoms with Crippen molar-refractivity contribution < 1.29 is 24.2 Å². The maximum Gasteiger partial charge on any atom is 0.410 e. The van der Waals surface area contributed by atoms with E-state index in [2.05, 4.69) is 41.0 Å². The highest BCUT2D eigenvalue weighted by atomic mass is 16.6. The molecule has 2 amide bonds. The SMILES string of the molecule is CC(C)[C@@H](C(=O)N1Cc2ccccc2C[C@H]1C(=O)O)N(CCc1cn(C(c2ccccc2)(c2ccccc2)c2ccccc2)cn1)C(=O)OC(C)(C)C. The first kappa shape index (κ1) is 37.1. The number of rotatable bonds is 11. The second-order valence-corrected chi connectivity index (χ2v) is 15.0. The predicted molar refractivity (Wildman–Crippen MR) is 204 cm³/mol. The molecule has 53 heavy (non-hydrogen) atoms. The zero-order valence-electron chi connectivity index (χ0n) is 31.1. The van der Waals surface area contributed by atoms with Crippen molar-refractivity contribution in [2.24, 2.45) is 5.92 Å². The summed E-state index contributed by atoms with van der Waals surface area (Å²) in [4.78, 5) is 48.9. The molecular weight excluding hydrogens is 665 g/mol. The summed E-state index contributed by atoms with van der Waals surface area (Å²) in [7, 11) is 0. The molecule has 0 aliphatic carbocycles. The molecule has 1 aromatic heterocycles. The minimum Gasteiger partial charge on any atom is -0.480 e. The third kappa shape index (κ3) is 7.75. The minimum atomic E-state index is -1.08. The predicted octanol–water partition coefficient (Wildman–Crippen LogP) is 7.57. The molecule has 5 aromatic rings. The molecule has 274 valence electrons. The van der Waals surface area contributed by atoms with Gasteiger partial charge in [-0.05, 0) is 54.5 Å². The summed E-state index contributed by atoms with van der Waals surface area (Å²) in [6, 6.07) is 36.5. The average molecular weight is 713 g/mol. The highest BCUT2D eigenvalue weighted by Crippen LogP contribution is 2.41. The number of hydrogen-bond acceptors (Lipinski definition) is 5. The highest BCUT2D eigenvalue weighted by Gasteiger charge is 2.43. The molecule has 2 atom stereocenters. The fourth-order valence-electron chi connectivity index (χ4n) is 7.48. The van der Waals surface area contributed by atoms with Crippen LogP contribution in [0.4, 0.5) is 4.79 Å². The van der Waals surface area contributed by atoms with E-state index >= 15 is 0 Å². The standard InChI is InChI=1S/C44H48N4O5/c1-31(2)39(40(49)48-28-33-18-16-15-17-32(33)27-38(48)41(50)51)47(42(52)53-43(3,4)5)26-25-37-29-46(30-45-37)44(34-19-9-6-10-20-34,35-21-11-7-12-22-35)36-23-13-8-14-24-36/h6-24,29-31,38-39H,25-28H2,1-5H3,(H,50,51)/t38-,39-/m0/s1. The zero-order valence-corrected chi connectivity index (χ0v) is 31.1. The summed E-state index contributed by atoms with van der Waals surface area (Å²) >= 11 is 0. The van der Waals surface area contributed by atoms with E-state index in [1.165, 1.54) is 9.80 Å². The van der Waals surface area contributed by atoms with E-state index in [1.54, 1.807) is 20.8 Å². The first-order valence-corrected chi connectivity index (χ1v) is 18.2. The lowest BCUT2D eigenvalue weighted by Crippen LogP contribution is -2.59. The minimum absolute atomic E-state index is 0.123. The lowest BCUT2D eigenvalue weighted by Gasteiger charge is -2.41. The summed E-state index contributed by atoms with van der Waals surface area (Å²) in [6.07, 6.45) is 3.71. The fraction of sp³-hybridized carbons (Fsp3) is 0.318. The summed E-state index contributed by atoms with van der Waals surface area (Å²) < 4.78 is 8.01. The second-order valence-electron chi connectivity index (χ2n) is 15.0. The van der Waals surface area contributed by atoms with E-state index < -0.39 is 41.2 Å². The van der Waals surface area contributed by atoms with Gasteiger partial charge in [0.05, 0.1) is 12.0 Å². The number of nitrogens with zero attached hydrogens (tertiary/aromatic N) is 4. The Bertz CT molecular complexity index is 1920. The fourth-order valence-corrected chi connectivity index (χ4v) is 7.48. The molecule has 0 fully saturated rings. The molecule has 0 saturated carbocycles. The molecule has 1 aliphatic heterocycles. The van der Waals surface area contributed by atoms with Crippen LogP contribution < -0.4 is 0 Å². The first-order chi connectivity index (χ1) is 25.4. The summed E-state index contributed by atoms with van der Waals surface area (Å²) in [5, 5.41) is 10.3. The third-order valence-corrected chi connectivity index (χ3v) is 9.87. The van der Waals surface area contributed by atoms with Crippen LogP contribution in [-0.4, -0.2) is 66.7 Å². The van der Waals surface area contributed by atoms with Crippen LogP contribution in [0.5, 0.6) is 0 Å². The first-order valence-electron chi connectivity index (χ1n) is 18.2. The van der Waals surface area contributed by atoms with Crippen molar-refractivity contribution in [2.45, 2.75) is 77.2 Å². The van der Waals surface area contributed by atoms with Gasteiger partial charge in [0, 0.05) is 32.1 Å². The third-order valence-electron chi connectivity index (χ3n) is 9.87. The number of aliphatic carboxylic acids is 1. The van der Waals surface area contributed by atoms with Crippen LogP contribution in [0, 0.1) is 5.92 Å². The molecule has 0 radical (unpaired) electrons. The number of imidazole rings is 1. The number of fused-ring (bicyclic) bond motifs is 1. The number of carbonyl (C=O) groups is 3. The highest BCUT2D eigenvalue weighted by molar-refractivity contribution is 5.90. The number of ether oxygens (including phenoxy) is 1. The number of carboxylic acid groups (broad SMARTS) is 1. The van der Waals surface area contributed by atoms with Crippen LogP contribution in [0.3, 0.4) is 0 Å². The monoisotopic (exact) mass is 712 g/mol. The van der Waals surface area contributed by atoms with Crippen molar-refractivity contribution in [3.63, 3.8) is 0 Å². The Labute approximate surface area is 311 Å². The molecule has 0 spiro atoms. The van der Waals surface area contributed by atoms with Gasteiger partial charge < -0.3 is 19.3 Å². The Hall–Kier alpha value is -5.70. The summed E-state index contributed by atoms with van der Waals surface area (Å²) in [6.45, 7) is 9.37. The lowest BCUT2D eigenvalue weighted by atomic mass is 9.77. The second kappa shape index (κ2) is 15.5. The molecular formula is C44H48N4O5. The Morgan fingerprint density at radius 3 is 1.81 bits per heavy atom. The van der Waals surface area contributed by atoms with Crippen LogP contribution in [0.15, 0.2) is 128 Å². The van der Waals surface area contributed by atoms with Crippen LogP contribution in [0.25, 0.3) is 0 Å². The number of aromatic nitrogens is 2. The number of amides is 2. The van der Waals surface area contributed by atoms with Crippen LogP contribution in [0.2, 0.25) is 0 Å². The van der Waals surface area contributed by atoms with Gasteiger partial charge in [-0.2, -0.15) is 0 Å². The van der Waals surface area contributed by atoms with Gasteiger partial charge in [-0.25, -0.2) is 14.6 Å². The van der Waals surface area contributed by atoms with Crippen molar-refractivity contribution in [1.82, 2.24) is 19.4 Å². The Morgan fingerprint density at radius 2 is 1.32 bits per heavy atom. The van der Waals surface area contributed by atoms with E-state index in [0.717, 1.165) is 33.5 Å². The van der Waals surface area contributed by atoms with Gasteiger partial charge in [-0.15, -0.1) is 0 Å².